The summed E-state index contributed by atoms with van der Waals surface area (Å²) in [4.78, 5) is 12.5. The number of hydrogen-bond donors (Lipinski definition) is 1. The van der Waals surface area contributed by atoms with E-state index in [1.807, 2.05) is 21.1 Å². The van der Waals surface area contributed by atoms with Crippen LogP contribution in [0, 0.1) is 0 Å². The van der Waals surface area contributed by atoms with Crippen molar-refractivity contribution >= 4 is 7.82 Å². The number of rotatable bonds is 36. The maximum absolute atomic E-state index is 12.5. The Kier molecular flexibility index (Phi) is 31.6. The smallest absolute Gasteiger partial charge is 0.268 e. The molecule has 0 spiro atoms. The third-order valence-corrected chi connectivity index (χ3v) is 9.37. The lowest BCUT2D eigenvalue weighted by Crippen LogP contribution is -2.38. The lowest BCUT2D eigenvalue weighted by atomic mass is 10.0. The number of nitrogens with one attached hydrogen (secondary N) is 1. The summed E-state index contributed by atoms with van der Waals surface area (Å²) in [6.45, 7) is 7.45. The van der Waals surface area contributed by atoms with Crippen molar-refractivity contribution in [2.75, 3.05) is 60.6 Å². The summed E-state index contributed by atoms with van der Waals surface area (Å²) in [7, 11) is 1.63. The number of likely N-dealkylation sites (N-methyl/N-ethyl adjacent to an activating group) is 1. The molecule has 0 aliphatic rings. The van der Waals surface area contributed by atoms with E-state index >= 15 is 0 Å². The van der Waals surface area contributed by atoms with Crippen LogP contribution in [-0.2, 0) is 18.3 Å². The van der Waals surface area contributed by atoms with Gasteiger partial charge < -0.3 is 28.5 Å². The average Bonchev–Trinajstić information content (AvgIpc) is 2.96. The maximum atomic E-state index is 12.5. The van der Waals surface area contributed by atoms with Crippen LogP contribution >= 0.6 is 7.82 Å². The van der Waals surface area contributed by atoms with Crippen molar-refractivity contribution in [3.8, 4) is 0 Å². The molecule has 0 heterocycles. The van der Waals surface area contributed by atoms with Gasteiger partial charge in [-0.25, -0.2) is 0 Å². The molecule has 0 aromatic rings. The summed E-state index contributed by atoms with van der Waals surface area (Å²) in [5.74, 6) is 0. The molecule has 0 saturated carbocycles. The second kappa shape index (κ2) is 31.6. The molecule has 8 heteroatoms. The second-order valence-electron chi connectivity index (χ2n) is 14.1. The largest absolute Gasteiger partial charge is 0.756 e. The predicted molar refractivity (Wildman–Crippen MR) is 187 cm³/mol. The zero-order chi connectivity index (χ0) is 32.6. The van der Waals surface area contributed by atoms with E-state index in [0.29, 0.717) is 24.2 Å². The van der Waals surface area contributed by atoms with Gasteiger partial charge in [0.25, 0.3) is 7.82 Å². The first-order valence-corrected chi connectivity index (χ1v) is 20.4. The highest BCUT2D eigenvalue weighted by Gasteiger charge is 2.20. The number of hydrogen-bond acceptors (Lipinski definition) is 6. The first kappa shape index (κ1) is 44.0. The zero-order valence-corrected chi connectivity index (χ0v) is 31.1. The number of nitrogens with zero attached hydrogens (tertiary/aromatic N) is 1. The van der Waals surface area contributed by atoms with Crippen molar-refractivity contribution < 1.29 is 27.7 Å². The summed E-state index contributed by atoms with van der Waals surface area (Å²) >= 11 is 0. The van der Waals surface area contributed by atoms with Gasteiger partial charge in [0.2, 0.25) is 0 Å². The molecule has 0 aliphatic carbocycles. The Labute approximate surface area is 275 Å². The summed E-state index contributed by atoms with van der Waals surface area (Å²) in [6.07, 6.45) is 31.0. The highest BCUT2D eigenvalue weighted by Crippen LogP contribution is 2.39. The van der Waals surface area contributed by atoms with Crippen LogP contribution in [0.25, 0.3) is 0 Å². The first-order chi connectivity index (χ1) is 21.2. The van der Waals surface area contributed by atoms with Crippen LogP contribution < -0.4 is 10.2 Å². The van der Waals surface area contributed by atoms with Crippen LogP contribution in [0.5, 0.6) is 0 Å². The van der Waals surface area contributed by atoms with Crippen LogP contribution in [0.1, 0.15) is 168 Å². The summed E-state index contributed by atoms with van der Waals surface area (Å²) in [5, 5.41) is 3.40. The van der Waals surface area contributed by atoms with Gasteiger partial charge in [-0.2, -0.15) is 0 Å². The molecule has 7 nitrogen and oxygen atoms in total. The highest BCUT2D eigenvalue weighted by atomic mass is 31.2. The van der Waals surface area contributed by atoms with Gasteiger partial charge >= 0.3 is 0 Å². The number of ether oxygens (including phenoxy) is 1. The van der Waals surface area contributed by atoms with Gasteiger partial charge in [-0.15, -0.1) is 0 Å². The molecular weight excluding hydrogens is 571 g/mol. The normalized spacial score (nSPS) is 14.2. The Balaban J connectivity index is 4.09. The minimum Gasteiger partial charge on any atom is -0.756 e. The van der Waals surface area contributed by atoms with Gasteiger partial charge in [0.1, 0.15) is 19.3 Å². The number of phosphoric ester groups is 1. The minimum absolute atomic E-state index is 0.114. The van der Waals surface area contributed by atoms with Gasteiger partial charge in [-0.1, -0.05) is 155 Å². The molecule has 0 bridgehead atoms. The lowest BCUT2D eigenvalue weighted by molar-refractivity contribution is -0.870. The van der Waals surface area contributed by atoms with Gasteiger partial charge in [-0.3, -0.25) is 4.57 Å². The molecule has 2 unspecified atom stereocenters. The van der Waals surface area contributed by atoms with E-state index in [9.17, 15) is 9.46 Å². The summed E-state index contributed by atoms with van der Waals surface area (Å²) in [5.41, 5.74) is 0. The van der Waals surface area contributed by atoms with Crippen LogP contribution in [0.4, 0.5) is 0 Å². The Morgan fingerprint density at radius 1 is 0.614 bits per heavy atom. The molecule has 266 valence electrons. The lowest BCUT2D eigenvalue weighted by Gasteiger charge is -2.30. The fourth-order valence-electron chi connectivity index (χ4n) is 5.38. The van der Waals surface area contributed by atoms with E-state index < -0.39 is 13.9 Å². The number of unbranched alkanes of at least 4 members (excludes halogenated alkanes) is 22. The van der Waals surface area contributed by atoms with E-state index in [-0.39, 0.29) is 13.2 Å². The number of phosphoric acid groups is 1. The molecular formula is C36H77N2O5P. The maximum Gasteiger partial charge on any atom is 0.268 e. The van der Waals surface area contributed by atoms with E-state index in [0.717, 1.165) is 25.8 Å². The first-order valence-electron chi connectivity index (χ1n) is 18.9. The molecule has 0 aromatic heterocycles. The van der Waals surface area contributed by atoms with Crippen LogP contribution in [0.3, 0.4) is 0 Å². The molecule has 0 rings (SSSR count). The molecule has 0 aromatic carbocycles. The van der Waals surface area contributed by atoms with Crippen LogP contribution in [0.2, 0.25) is 0 Å². The van der Waals surface area contributed by atoms with Gasteiger partial charge in [0.15, 0.2) is 0 Å². The monoisotopic (exact) mass is 649 g/mol. The quantitative estimate of drug-likeness (QED) is 0.0414. The van der Waals surface area contributed by atoms with Crippen molar-refractivity contribution in [1.82, 2.24) is 5.32 Å². The third-order valence-electron chi connectivity index (χ3n) is 8.31. The van der Waals surface area contributed by atoms with Gasteiger partial charge in [0.05, 0.1) is 27.7 Å². The van der Waals surface area contributed by atoms with E-state index in [1.165, 1.54) is 135 Å². The fraction of sp³-hybridized carbons (Fsp3) is 1.00. The molecule has 0 saturated heterocycles. The third kappa shape index (κ3) is 34.9. The average molecular weight is 649 g/mol. The van der Waals surface area contributed by atoms with Gasteiger partial charge in [-0.05, 0) is 19.4 Å². The molecule has 0 fully saturated rings. The van der Waals surface area contributed by atoms with E-state index in [2.05, 4.69) is 19.2 Å². The minimum atomic E-state index is -4.39. The zero-order valence-electron chi connectivity index (χ0n) is 30.2. The Morgan fingerprint density at radius 2 is 1.02 bits per heavy atom. The Morgan fingerprint density at radius 3 is 1.45 bits per heavy atom. The topological polar surface area (TPSA) is 79.9 Å². The molecule has 0 amide bonds. The number of quaternary nitrogens is 1. The Hall–Kier alpha value is -0.0100. The molecule has 0 aliphatic heterocycles. The van der Waals surface area contributed by atoms with Gasteiger partial charge in [0, 0.05) is 13.2 Å². The standard InChI is InChI=1S/C36H77N2O5P/c1-6-8-10-12-14-16-18-19-20-21-22-24-26-28-30-37-34-36(43-44(39,40)42-33-31-38(3,4)5)35-41-32-29-27-25-23-17-15-13-11-9-7-2/h36-37H,6-35H2,1-5H3. The second-order valence-corrected chi connectivity index (χ2v) is 15.4. The van der Waals surface area contributed by atoms with Crippen molar-refractivity contribution in [1.29, 1.82) is 0 Å². The van der Waals surface area contributed by atoms with E-state index in [1.54, 1.807) is 0 Å². The molecule has 0 radical (unpaired) electrons. The molecule has 1 N–H and O–H groups in total. The SMILES string of the molecule is CCCCCCCCCCCCCCCCNCC(COCCCCCCCCCCCC)OP(=O)([O-])OCC[N+](C)(C)C. The van der Waals surface area contributed by atoms with Crippen molar-refractivity contribution in [3.05, 3.63) is 0 Å². The van der Waals surface area contributed by atoms with Crippen molar-refractivity contribution in [2.24, 2.45) is 0 Å². The van der Waals surface area contributed by atoms with Crippen molar-refractivity contribution in [2.45, 2.75) is 174 Å². The van der Waals surface area contributed by atoms with E-state index in [4.69, 9.17) is 13.8 Å². The summed E-state index contributed by atoms with van der Waals surface area (Å²) in [6, 6.07) is 0. The molecule has 2 atom stereocenters. The Bertz CT molecular complexity index is 632. The van der Waals surface area contributed by atoms with Crippen LogP contribution in [0.15, 0.2) is 0 Å². The van der Waals surface area contributed by atoms with Crippen LogP contribution in [-0.4, -0.2) is 71.2 Å². The molecule has 44 heavy (non-hydrogen) atoms. The highest BCUT2D eigenvalue weighted by molar-refractivity contribution is 7.45. The predicted octanol–water partition coefficient (Wildman–Crippen LogP) is 9.57. The summed E-state index contributed by atoms with van der Waals surface area (Å²) < 4.78 is 29.6. The fourth-order valence-corrected chi connectivity index (χ4v) is 6.25. The van der Waals surface area contributed by atoms with Crippen molar-refractivity contribution in [3.63, 3.8) is 0 Å².